The second kappa shape index (κ2) is 6.85. The van der Waals surface area contributed by atoms with Gasteiger partial charge in [0.25, 0.3) is 5.91 Å². The van der Waals surface area contributed by atoms with Gasteiger partial charge >= 0.3 is 0 Å². The fraction of sp³-hybridized carbons (Fsp3) is 0.400. The molecule has 0 spiro atoms. The number of benzene rings is 1. The van der Waals surface area contributed by atoms with Crippen molar-refractivity contribution in [3.8, 4) is 0 Å². The van der Waals surface area contributed by atoms with Crippen molar-refractivity contribution in [1.82, 2.24) is 24.6 Å². The highest BCUT2D eigenvalue weighted by molar-refractivity contribution is 9.10. The standard InChI is InChI=1S/C15H18BrN5O3S/c1-10-9-21(25(23,24)13-5-3-12(16)4-6-13)11(2)8-20(10)15(22)14-7-17-19-18-14/h3-7,10-11H,8-9H2,1-2H3,(H,17,18,19)/t10-,11+/m0/s1. The zero-order chi connectivity index (χ0) is 18.2. The van der Waals surface area contributed by atoms with Gasteiger partial charge in [-0.25, -0.2) is 8.42 Å². The zero-order valence-electron chi connectivity index (χ0n) is 13.8. The molecule has 0 saturated carbocycles. The zero-order valence-corrected chi connectivity index (χ0v) is 16.2. The summed E-state index contributed by atoms with van der Waals surface area (Å²) in [6.07, 6.45) is 1.37. The number of piperazine rings is 1. The maximum atomic E-state index is 12.9. The minimum Gasteiger partial charge on any atom is -0.332 e. The second-order valence-electron chi connectivity index (χ2n) is 6.05. The Labute approximate surface area is 154 Å². The summed E-state index contributed by atoms with van der Waals surface area (Å²) in [6.45, 7) is 4.16. The van der Waals surface area contributed by atoms with Gasteiger partial charge in [-0.3, -0.25) is 9.89 Å². The van der Waals surface area contributed by atoms with E-state index in [1.807, 2.05) is 6.92 Å². The van der Waals surface area contributed by atoms with Crippen molar-refractivity contribution >= 4 is 31.9 Å². The van der Waals surface area contributed by atoms with Crippen molar-refractivity contribution in [2.75, 3.05) is 13.1 Å². The average molecular weight is 428 g/mol. The number of aromatic nitrogens is 3. The Balaban J connectivity index is 1.82. The predicted octanol–water partition coefficient (Wildman–Crippen LogP) is 1.49. The highest BCUT2D eigenvalue weighted by Gasteiger charge is 2.39. The summed E-state index contributed by atoms with van der Waals surface area (Å²) in [5.74, 6) is -0.231. The van der Waals surface area contributed by atoms with Crippen LogP contribution in [0.2, 0.25) is 0 Å². The van der Waals surface area contributed by atoms with Crippen LogP contribution in [0.15, 0.2) is 39.8 Å². The summed E-state index contributed by atoms with van der Waals surface area (Å²) in [5, 5.41) is 9.72. The topological polar surface area (TPSA) is 99.3 Å². The molecule has 1 amide bonds. The summed E-state index contributed by atoms with van der Waals surface area (Å²) >= 11 is 3.31. The molecule has 2 heterocycles. The Morgan fingerprint density at radius 1 is 1.20 bits per heavy atom. The second-order valence-corrected chi connectivity index (χ2v) is 8.86. The van der Waals surface area contributed by atoms with E-state index in [0.29, 0.717) is 12.2 Å². The van der Waals surface area contributed by atoms with Crippen LogP contribution in [0.25, 0.3) is 0 Å². The van der Waals surface area contributed by atoms with Crippen LogP contribution in [0.5, 0.6) is 0 Å². The van der Waals surface area contributed by atoms with Crippen LogP contribution in [0.4, 0.5) is 0 Å². The molecular formula is C15H18BrN5O3S. The van der Waals surface area contributed by atoms with E-state index in [1.54, 1.807) is 36.1 Å². The monoisotopic (exact) mass is 427 g/mol. The first-order chi connectivity index (χ1) is 11.8. The lowest BCUT2D eigenvalue weighted by Crippen LogP contribution is -2.59. The largest absolute Gasteiger partial charge is 0.332 e. The highest BCUT2D eigenvalue weighted by Crippen LogP contribution is 2.25. The van der Waals surface area contributed by atoms with E-state index in [1.165, 1.54) is 10.5 Å². The molecule has 10 heteroatoms. The van der Waals surface area contributed by atoms with Crippen LogP contribution in [-0.4, -0.2) is 64.1 Å². The van der Waals surface area contributed by atoms with E-state index in [0.717, 1.165) is 4.47 Å². The molecule has 0 radical (unpaired) electrons. The van der Waals surface area contributed by atoms with E-state index >= 15 is 0 Å². The van der Waals surface area contributed by atoms with Gasteiger partial charge in [0.05, 0.1) is 11.1 Å². The van der Waals surface area contributed by atoms with Gasteiger partial charge in [0.2, 0.25) is 10.0 Å². The first kappa shape index (κ1) is 18.0. The van der Waals surface area contributed by atoms with Crippen LogP contribution in [0, 0.1) is 0 Å². The normalized spacial score (nSPS) is 22.1. The minimum absolute atomic E-state index is 0.229. The number of H-pyrrole nitrogens is 1. The molecule has 1 saturated heterocycles. The smallest absolute Gasteiger partial charge is 0.273 e. The van der Waals surface area contributed by atoms with Crippen LogP contribution >= 0.6 is 15.9 Å². The number of nitrogens with zero attached hydrogens (tertiary/aromatic N) is 4. The number of hydrogen-bond donors (Lipinski definition) is 1. The van der Waals surface area contributed by atoms with Crippen molar-refractivity contribution in [3.05, 3.63) is 40.6 Å². The van der Waals surface area contributed by atoms with E-state index in [2.05, 4.69) is 31.3 Å². The van der Waals surface area contributed by atoms with Gasteiger partial charge in [0.15, 0.2) is 0 Å². The van der Waals surface area contributed by atoms with Crippen LogP contribution in [0.3, 0.4) is 0 Å². The first-order valence-electron chi connectivity index (χ1n) is 7.75. The fourth-order valence-electron chi connectivity index (χ4n) is 2.91. The molecule has 2 atom stereocenters. The lowest BCUT2D eigenvalue weighted by molar-refractivity contribution is 0.0501. The Hall–Kier alpha value is -1.78. The predicted molar refractivity (Wildman–Crippen MR) is 94.4 cm³/mol. The molecule has 134 valence electrons. The van der Waals surface area contributed by atoms with Crippen molar-refractivity contribution in [3.63, 3.8) is 0 Å². The number of nitrogens with one attached hydrogen (secondary N) is 1. The number of carbonyl (C=O) groups excluding carboxylic acids is 1. The quantitative estimate of drug-likeness (QED) is 0.799. The molecule has 1 aromatic heterocycles. The summed E-state index contributed by atoms with van der Waals surface area (Å²) < 4.78 is 28.2. The van der Waals surface area contributed by atoms with Gasteiger partial charge in [-0.05, 0) is 38.1 Å². The van der Waals surface area contributed by atoms with Gasteiger partial charge in [0, 0.05) is 29.6 Å². The molecule has 3 rings (SSSR count). The summed E-state index contributed by atoms with van der Waals surface area (Å²) in [6, 6.07) is 5.94. The van der Waals surface area contributed by atoms with Gasteiger partial charge < -0.3 is 4.90 Å². The number of sulfonamides is 1. The number of amides is 1. The Morgan fingerprint density at radius 3 is 2.48 bits per heavy atom. The molecule has 2 aromatic rings. The Bertz CT molecular complexity index is 854. The van der Waals surface area contributed by atoms with Crippen molar-refractivity contribution in [2.45, 2.75) is 30.8 Å². The summed E-state index contributed by atoms with van der Waals surface area (Å²) in [7, 11) is -3.62. The van der Waals surface area contributed by atoms with Gasteiger partial charge in [-0.2, -0.15) is 4.31 Å². The van der Waals surface area contributed by atoms with Crippen molar-refractivity contribution in [1.29, 1.82) is 0 Å². The maximum absolute atomic E-state index is 12.9. The molecule has 8 nitrogen and oxygen atoms in total. The number of hydrogen-bond acceptors (Lipinski definition) is 5. The fourth-order valence-corrected chi connectivity index (χ4v) is 4.88. The molecule has 0 unspecified atom stereocenters. The number of rotatable bonds is 3. The molecular weight excluding hydrogens is 410 g/mol. The molecule has 1 aliphatic rings. The summed E-state index contributed by atoms with van der Waals surface area (Å²) in [5.41, 5.74) is 0.295. The van der Waals surface area contributed by atoms with Crippen LogP contribution in [0.1, 0.15) is 24.3 Å². The molecule has 25 heavy (non-hydrogen) atoms. The lowest BCUT2D eigenvalue weighted by Gasteiger charge is -2.43. The van der Waals surface area contributed by atoms with Crippen molar-refractivity contribution in [2.24, 2.45) is 0 Å². The van der Waals surface area contributed by atoms with E-state index in [9.17, 15) is 13.2 Å². The van der Waals surface area contributed by atoms with Gasteiger partial charge in [0.1, 0.15) is 5.69 Å². The molecule has 1 fully saturated rings. The molecule has 1 aliphatic heterocycles. The SMILES string of the molecule is C[C@@H]1CN(C(=O)c2cnn[nH]2)[C@@H](C)CN1S(=O)(=O)c1ccc(Br)cc1. The van der Waals surface area contributed by atoms with E-state index in [-0.39, 0.29) is 29.4 Å². The highest BCUT2D eigenvalue weighted by atomic mass is 79.9. The first-order valence-corrected chi connectivity index (χ1v) is 9.98. The molecule has 0 aliphatic carbocycles. The van der Waals surface area contributed by atoms with Crippen LogP contribution < -0.4 is 0 Å². The van der Waals surface area contributed by atoms with E-state index in [4.69, 9.17) is 0 Å². The Morgan fingerprint density at radius 2 is 1.88 bits per heavy atom. The average Bonchev–Trinajstić information content (AvgIpc) is 3.11. The third-order valence-electron chi connectivity index (χ3n) is 4.26. The molecule has 0 bridgehead atoms. The van der Waals surface area contributed by atoms with Crippen LogP contribution in [-0.2, 0) is 10.0 Å². The maximum Gasteiger partial charge on any atom is 0.273 e. The number of halogens is 1. The third-order valence-corrected chi connectivity index (χ3v) is 6.78. The number of aromatic amines is 1. The summed E-state index contributed by atoms with van der Waals surface area (Å²) in [4.78, 5) is 14.4. The van der Waals surface area contributed by atoms with Crippen molar-refractivity contribution < 1.29 is 13.2 Å². The van der Waals surface area contributed by atoms with E-state index < -0.39 is 10.0 Å². The van der Waals surface area contributed by atoms with Gasteiger partial charge in [-0.15, -0.1) is 5.10 Å². The Kier molecular flexibility index (Phi) is 4.94. The minimum atomic E-state index is -3.62. The molecule has 1 N–H and O–H groups in total. The van der Waals surface area contributed by atoms with Gasteiger partial charge in [-0.1, -0.05) is 21.1 Å². The number of carbonyl (C=O) groups is 1. The molecule has 1 aromatic carbocycles. The third kappa shape index (κ3) is 3.46. The lowest BCUT2D eigenvalue weighted by atomic mass is 10.1.